The number of ether oxygens (including phenoxy) is 1. The number of benzene rings is 1. The number of nitrogens with zero attached hydrogens (tertiary/aromatic N) is 1. The van der Waals surface area contributed by atoms with Crippen LogP contribution in [0.1, 0.15) is 35.2 Å². The van der Waals surface area contributed by atoms with Crippen LogP contribution in [0, 0.1) is 5.92 Å². The molecular weight excluding hydrogens is 357 g/mol. The molecule has 1 N–H and O–H groups in total. The maximum absolute atomic E-state index is 12.9. The summed E-state index contributed by atoms with van der Waals surface area (Å²) >= 11 is 0. The SMILES string of the molecule is COCCNC(=O)c1cnc2c(C3=CC[C@@H](C(F)(F)F)CC3)cccc2c1. The number of fused-ring (bicyclic) bond motifs is 1. The summed E-state index contributed by atoms with van der Waals surface area (Å²) in [5.74, 6) is -1.51. The first-order valence-corrected chi connectivity index (χ1v) is 8.82. The molecule has 1 amide bonds. The fourth-order valence-electron chi connectivity index (χ4n) is 3.29. The van der Waals surface area contributed by atoms with E-state index in [1.807, 2.05) is 18.2 Å². The predicted molar refractivity (Wildman–Crippen MR) is 97.3 cm³/mol. The summed E-state index contributed by atoms with van der Waals surface area (Å²) in [6.45, 7) is 0.824. The van der Waals surface area contributed by atoms with Crippen molar-refractivity contribution in [1.29, 1.82) is 0 Å². The van der Waals surface area contributed by atoms with Gasteiger partial charge in [-0.15, -0.1) is 0 Å². The normalized spacial score (nSPS) is 17.6. The van der Waals surface area contributed by atoms with E-state index in [-0.39, 0.29) is 18.7 Å². The van der Waals surface area contributed by atoms with Gasteiger partial charge in [-0.1, -0.05) is 24.3 Å². The van der Waals surface area contributed by atoms with Crippen molar-refractivity contribution in [2.24, 2.45) is 5.92 Å². The van der Waals surface area contributed by atoms with Crippen molar-refractivity contribution >= 4 is 22.4 Å². The second-order valence-electron chi connectivity index (χ2n) is 6.59. The summed E-state index contributed by atoms with van der Waals surface area (Å²) in [4.78, 5) is 16.6. The van der Waals surface area contributed by atoms with Crippen molar-refractivity contribution in [2.75, 3.05) is 20.3 Å². The van der Waals surface area contributed by atoms with Gasteiger partial charge in [0.25, 0.3) is 5.91 Å². The Morgan fingerprint density at radius 2 is 2.19 bits per heavy atom. The predicted octanol–water partition coefficient (Wildman–Crippen LogP) is 4.36. The Morgan fingerprint density at radius 1 is 1.37 bits per heavy atom. The summed E-state index contributed by atoms with van der Waals surface area (Å²) in [6.07, 6.45) is -0.533. The number of para-hydroxylation sites is 1. The Hall–Kier alpha value is -2.41. The van der Waals surface area contributed by atoms with E-state index in [2.05, 4.69) is 10.3 Å². The van der Waals surface area contributed by atoms with Gasteiger partial charge in [0.2, 0.25) is 0 Å². The molecule has 0 radical (unpaired) electrons. The zero-order valence-corrected chi connectivity index (χ0v) is 15.0. The molecule has 1 atom stereocenters. The fourth-order valence-corrected chi connectivity index (χ4v) is 3.29. The largest absolute Gasteiger partial charge is 0.392 e. The van der Waals surface area contributed by atoms with Crippen LogP contribution in [-0.4, -0.2) is 37.3 Å². The number of hydrogen-bond acceptors (Lipinski definition) is 3. The van der Waals surface area contributed by atoms with Crippen LogP contribution in [-0.2, 0) is 4.74 Å². The molecule has 0 spiro atoms. The molecule has 0 saturated heterocycles. The average molecular weight is 378 g/mol. The number of aromatic nitrogens is 1. The molecule has 1 aromatic heterocycles. The molecule has 2 aromatic rings. The van der Waals surface area contributed by atoms with E-state index in [1.54, 1.807) is 19.3 Å². The van der Waals surface area contributed by atoms with Crippen LogP contribution in [0.25, 0.3) is 16.5 Å². The minimum absolute atomic E-state index is 0.00475. The third-order valence-corrected chi connectivity index (χ3v) is 4.78. The van der Waals surface area contributed by atoms with Crippen molar-refractivity contribution in [3.63, 3.8) is 0 Å². The zero-order valence-electron chi connectivity index (χ0n) is 15.0. The number of pyridine rings is 1. The fraction of sp³-hybridized carbons (Fsp3) is 0.400. The van der Waals surface area contributed by atoms with Crippen molar-refractivity contribution in [1.82, 2.24) is 10.3 Å². The van der Waals surface area contributed by atoms with Crippen molar-refractivity contribution in [3.05, 3.63) is 47.7 Å². The van der Waals surface area contributed by atoms with Crippen molar-refractivity contribution in [2.45, 2.75) is 25.4 Å². The van der Waals surface area contributed by atoms with E-state index in [1.165, 1.54) is 6.20 Å². The van der Waals surface area contributed by atoms with Gasteiger partial charge in [-0.25, -0.2) is 0 Å². The second kappa shape index (κ2) is 8.08. The molecule has 7 heteroatoms. The lowest BCUT2D eigenvalue weighted by Gasteiger charge is -2.24. The number of hydrogen-bond donors (Lipinski definition) is 1. The second-order valence-corrected chi connectivity index (χ2v) is 6.59. The minimum atomic E-state index is -4.15. The van der Waals surface area contributed by atoms with Gasteiger partial charge in [-0.3, -0.25) is 9.78 Å². The molecule has 1 heterocycles. The summed E-state index contributed by atoms with van der Waals surface area (Å²) in [7, 11) is 1.56. The molecule has 1 aromatic carbocycles. The van der Waals surface area contributed by atoms with Crippen LogP contribution in [0.4, 0.5) is 13.2 Å². The summed E-state index contributed by atoms with van der Waals surface area (Å²) in [6, 6.07) is 7.30. The quantitative estimate of drug-likeness (QED) is 0.787. The maximum atomic E-state index is 12.9. The first kappa shape index (κ1) is 19.4. The molecule has 0 saturated carbocycles. The van der Waals surface area contributed by atoms with Crippen LogP contribution in [0.2, 0.25) is 0 Å². The Labute approximate surface area is 155 Å². The molecule has 0 aliphatic heterocycles. The number of halogens is 3. The van der Waals surface area contributed by atoms with E-state index < -0.39 is 12.1 Å². The van der Waals surface area contributed by atoms with E-state index in [0.717, 1.165) is 16.5 Å². The van der Waals surface area contributed by atoms with Gasteiger partial charge in [-0.05, 0) is 30.9 Å². The van der Waals surface area contributed by atoms with E-state index in [0.29, 0.717) is 30.7 Å². The van der Waals surface area contributed by atoms with Gasteiger partial charge >= 0.3 is 6.18 Å². The smallest absolute Gasteiger partial charge is 0.383 e. The first-order valence-electron chi connectivity index (χ1n) is 8.82. The molecule has 3 rings (SSSR count). The lowest BCUT2D eigenvalue weighted by Crippen LogP contribution is -2.27. The highest BCUT2D eigenvalue weighted by atomic mass is 19.4. The third-order valence-electron chi connectivity index (χ3n) is 4.78. The molecule has 0 bridgehead atoms. The summed E-state index contributed by atoms with van der Waals surface area (Å²) in [5.41, 5.74) is 2.85. The number of methoxy groups -OCH3 is 1. The van der Waals surface area contributed by atoms with Crippen LogP contribution in [0.5, 0.6) is 0 Å². The van der Waals surface area contributed by atoms with Crippen molar-refractivity contribution in [3.8, 4) is 0 Å². The van der Waals surface area contributed by atoms with Crippen LogP contribution >= 0.6 is 0 Å². The Bertz CT molecular complexity index is 862. The van der Waals surface area contributed by atoms with Gasteiger partial charge in [0.05, 0.1) is 23.6 Å². The van der Waals surface area contributed by atoms with Crippen molar-refractivity contribution < 1.29 is 22.7 Å². The Balaban J connectivity index is 1.84. The zero-order chi connectivity index (χ0) is 19.4. The lowest BCUT2D eigenvalue weighted by molar-refractivity contribution is -0.175. The topological polar surface area (TPSA) is 51.2 Å². The van der Waals surface area contributed by atoms with Gasteiger partial charge in [0.1, 0.15) is 0 Å². The number of carbonyl (C=O) groups is 1. The van der Waals surface area contributed by atoms with Gasteiger partial charge in [0, 0.05) is 30.8 Å². The van der Waals surface area contributed by atoms with Crippen LogP contribution in [0.3, 0.4) is 0 Å². The van der Waals surface area contributed by atoms with E-state index in [9.17, 15) is 18.0 Å². The van der Waals surface area contributed by atoms with Gasteiger partial charge in [0.15, 0.2) is 0 Å². The number of amides is 1. The standard InChI is InChI=1S/C20H21F3N2O2/c1-27-10-9-24-19(26)15-11-14-3-2-4-17(18(14)25-12-15)13-5-7-16(8-6-13)20(21,22)23/h2-5,11-12,16H,6-10H2,1H3,(H,24,26)/t16-/m1/s1. The van der Waals surface area contributed by atoms with E-state index >= 15 is 0 Å². The molecule has 1 aliphatic rings. The Morgan fingerprint density at radius 3 is 2.85 bits per heavy atom. The van der Waals surface area contributed by atoms with Gasteiger partial charge in [-0.2, -0.15) is 13.2 Å². The maximum Gasteiger partial charge on any atom is 0.392 e. The average Bonchev–Trinajstić information content (AvgIpc) is 2.66. The monoisotopic (exact) mass is 378 g/mol. The van der Waals surface area contributed by atoms with Crippen LogP contribution in [0.15, 0.2) is 36.5 Å². The molecule has 1 aliphatic carbocycles. The Kier molecular flexibility index (Phi) is 5.79. The molecular formula is C20H21F3N2O2. The molecule has 144 valence electrons. The molecule has 0 fully saturated rings. The molecule has 27 heavy (non-hydrogen) atoms. The molecule has 4 nitrogen and oxygen atoms in total. The highest BCUT2D eigenvalue weighted by molar-refractivity contribution is 5.99. The number of rotatable bonds is 5. The first-order chi connectivity index (χ1) is 12.9. The summed E-state index contributed by atoms with van der Waals surface area (Å²) in [5, 5.41) is 3.52. The van der Waals surface area contributed by atoms with E-state index in [4.69, 9.17) is 4.74 Å². The number of alkyl halides is 3. The molecule has 0 unspecified atom stereocenters. The third kappa shape index (κ3) is 4.47. The lowest BCUT2D eigenvalue weighted by atomic mass is 9.85. The number of nitrogens with one attached hydrogen (secondary N) is 1. The van der Waals surface area contributed by atoms with Gasteiger partial charge < -0.3 is 10.1 Å². The number of allylic oxidation sites excluding steroid dienone is 2. The van der Waals surface area contributed by atoms with Crippen LogP contribution < -0.4 is 5.32 Å². The minimum Gasteiger partial charge on any atom is -0.383 e. The highest BCUT2D eigenvalue weighted by Gasteiger charge is 2.39. The number of carbonyl (C=O) groups excluding carboxylic acids is 1. The summed E-state index contributed by atoms with van der Waals surface area (Å²) < 4.78 is 43.5. The highest BCUT2D eigenvalue weighted by Crippen LogP contribution is 2.40.